The van der Waals surface area contributed by atoms with Crippen LogP contribution < -0.4 is 0 Å². The molecule has 0 heterocycles. The molecule has 0 amide bonds. The second-order valence-electron chi connectivity index (χ2n) is 2.60. The minimum Gasteiger partial charge on any atom is -0.294 e. The third kappa shape index (κ3) is 2.21. The Hall–Kier alpha value is -0.690. The highest BCUT2D eigenvalue weighted by Gasteiger charge is 2.18. The molecule has 0 N–H and O–H groups in total. The molecule has 0 saturated carbocycles. The van der Waals surface area contributed by atoms with Gasteiger partial charge in [-0.05, 0) is 35.6 Å². The van der Waals surface area contributed by atoms with Gasteiger partial charge in [-0.25, -0.2) is 0 Å². The van der Waals surface area contributed by atoms with Crippen LogP contribution in [0.1, 0.15) is 17.3 Å². The van der Waals surface area contributed by atoms with Crippen LogP contribution in [0.25, 0.3) is 0 Å². The number of carbonyl (C=O) groups is 1. The lowest BCUT2D eigenvalue weighted by Gasteiger charge is -2.01. The van der Waals surface area contributed by atoms with Crippen LogP contribution in [0.5, 0.6) is 0 Å². The zero-order valence-corrected chi connectivity index (χ0v) is 10.00. The van der Waals surface area contributed by atoms with Crippen molar-refractivity contribution in [2.24, 2.45) is 0 Å². The molecule has 0 spiro atoms. The third-order valence-corrected chi connectivity index (χ3v) is 2.95. The Morgan fingerprint density at radius 1 is 1.57 bits per heavy atom. The Kier molecular flexibility index (Phi) is 3.43. The lowest BCUT2D eigenvalue weighted by molar-refractivity contribution is -0.385. The first kappa shape index (κ1) is 11.4. The monoisotopic (exact) mass is 325 g/mol. The summed E-state index contributed by atoms with van der Waals surface area (Å²) < 4.78 is 0.324. The van der Waals surface area contributed by atoms with Crippen LogP contribution in [-0.2, 0) is 0 Å². The van der Waals surface area contributed by atoms with Crippen molar-refractivity contribution < 1.29 is 9.72 Å². The van der Waals surface area contributed by atoms with Gasteiger partial charge in [0, 0.05) is 16.7 Å². The van der Waals surface area contributed by atoms with E-state index in [0.29, 0.717) is 3.57 Å². The van der Waals surface area contributed by atoms with Crippen LogP contribution in [0, 0.1) is 13.7 Å². The van der Waals surface area contributed by atoms with Crippen molar-refractivity contribution in [1.29, 1.82) is 0 Å². The Balaban J connectivity index is 3.47. The summed E-state index contributed by atoms with van der Waals surface area (Å²) in [5.74, 6) is -0.236. The van der Waals surface area contributed by atoms with Gasteiger partial charge in [-0.3, -0.25) is 14.9 Å². The number of halogens is 2. The molecule has 0 atom stereocenters. The van der Waals surface area contributed by atoms with Crippen LogP contribution in [0.2, 0.25) is 5.02 Å². The molecule has 74 valence electrons. The highest BCUT2D eigenvalue weighted by Crippen LogP contribution is 2.28. The molecule has 6 heteroatoms. The maximum atomic E-state index is 11.1. The Labute approximate surface area is 98.5 Å². The van der Waals surface area contributed by atoms with Crippen LogP contribution >= 0.6 is 34.2 Å². The Morgan fingerprint density at radius 2 is 2.14 bits per heavy atom. The zero-order valence-electron chi connectivity index (χ0n) is 7.08. The van der Waals surface area contributed by atoms with Gasteiger partial charge < -0.3 is 0 Å². The molecule has 0 aromatic heterocycles. The summed E-state index contributed by atoms with van der Waals surface area (Å²) in [5.41, 5.74) is 0.146. The van der Waals surface area contributed by atoms with E-state index in [9.17, 15) is 14.9 Å². The number of hydrogen-bond acceptors (Lipinski definition) is 3. The quantitative estimate of drug-likeness (QED) is 0.363. The zero-order chi connectivity index (χ0) is 10.9. The lowest BCUT2D eigenvalue weighted by atomic mass is 10.1. The van der Waals surface area contributed by atoms with Gasteiger partial charge in [-0.15, -0.1) is 0 Å². The van der Waals surface area contributed by atoms with E-state index in [1.54, 1.807) is 22.6 Å². The predicted octanol–water partition coefficient (Wildman–Crippen LogP) is 3.06. The maximum Gasteiger partial charge on any atom is 0.284 e. The number of nitro benzene ring substituents is 1. The first-order valence-corrected chi connectivity index (χ1v) is 5.03. The first-order chi connectivity index (χ1) is 6.43. The molecule has 0 radical (unpaired) electrons. The summed E-state index contributed by atoms with van der Waals surface area (Å²) >= 11 is 7.42. The molecule has 0 fully saturated rings. The largest absolute Gasteiger partial charge is 0.294 e. The molecular weight excluding hydrogens is 320 g/mol. The van der Waals surface area contributed by atoms with Gasteiger partial charge in [0.1, 0.15) is 3.57 Å². The van der Waals surface area contributed by atoms with E-state index in [1.807, 2.05) is 0 Å². The molecule has 0 bridgehead atoms. The van der Waals surface area contributed by atoms with Gasteiger partial charge in [0.2, 0.25) is 0 Å². The normalized spacial score (nSPS) is 9.93. The van der Waals surface area contributed by atoms with Crippen molar-refractivity contribution >= 4 is 45.7 Å². The molecule has 0 saturated heterocycles. The molecule has 1 rings (SSSR count). The number of nitrogens with zero attached hydrogens (tertiary/aromatic N) is 1. The van der Waals surface area contributed by atoms with Crippen LogP contribution in [0.15, 0.2) is 12.1 Å². The standard InChI is InChI=1S/C8H5ClINO3/c1-4(12)6-2-5(9)3-7(8(6)10)11(13)14/h2-3H,1H3. The molecule has 1 aromatic rings. The average Bonchev–Trinajstić information content (AvgIpc) is 2.07. The lowest BCUT2D eigenvalue weighted by Crippen LogP contribution is -2.00. The highest BCUT2D eigenvalue weighted by atomic mass is 127. The topological polar surface area (TPSA) is 60.2 Å². The first-order valence-electron chi connectivity index (χ1n) is 3.58. The van der Waals surface area contributed by atoms with Crippen LogP contribution in [0.4, 0.5) is 5.69 Å². The average molecular weight is 325 g/mol. The fourth-order valence-electron chi connectivity index (χ4n) is 0.964. The second-order valence-corrected chi connectivity index (χ2v) is 4.11. The van der Waals surface area contributed by atoms with Crippen molar-refractivity contribution in [2.45, 2.75) is 6.92 Å². The van der Waals surface area contributed by atoms with Gasteiger partial charge in [-0.1, -0.05) is 11.6 Å². The smallest absolute Gasteiger partial charge is 0.284 e. The van der Waals surface area contributed by atoms with Gasteiger partial charge in [0.25, 0.3) is 5.69 Å². The number of ketones is 1. The van der Waals surface area contributed by atoms with E-state index in [1.165, 1.54) is 19.1 Å². The number of Topliss-reactive ketones (excluding diaryl/α,β-unsaturated/α-hetero) is 1. The predicted molar refractivity (Wildman–Crippen MR) is 60.8 cm³/mol. The summed E-state index contributed by atoms with van der Waals surface area (Å²) in [5, 5.41) is 10.8. The number of hydrogen-bond donors (Lipinski definition) is 0. The molecule has 0 aliphatic heterocycles. The van der Waals surface area contributed by atoms with Crippen molar-refractivity contribution in [1.82, 2.24) is 0 Å². The van der Waals surface area contributed by atoms with Crippen molar-refractivity contribution in [3.05, 3.63) is 36.4 Å². The van der Waals surface area contributed by atoms with Gasteiger partial charge in [-0.2, -0.15) is 0 Å². The molecule has 0 unspecified atom stereocenters. The van der Waals surface area contributed by atoms with E-state index in [-0.39, 0.29) is 22.1 Å². The molecule has 0 aliphatic carbocycles. The van der Waals surface area contributed by atoms with E-state index in [0.717, 1.165) is 0 Å². The highest BCUT2D eigenvalue weighted by molar-refractivity contribution is 14.1. The molecular formula is C8H5ClINO3. The fraction of sp³-hybridized carbons (Fsp3) is 0.125. The van der Waals surface area contributed by atoms with Crippen molar-refractivity contribution in [3.63, 3.8) is 0 Å². The van der Waals surface area contributed by atoms with Crippen LogP contribution in [-0.4, -0.2) is 10.7 Å². The van der Waals surface area contributed by atoms with E-state index < -0.39 is 4.92 Å². The van der Waals surface area contributed by atoms with Crippen molar-refractivity contribution in [3.8, 4) is 0 Å². The summed E-state index contributed by atoms with van der Waals surface area (Å²) in [7, 11) is 0. The molecule has 4 nitrogen and oxygen atoms in total. The summed E-state index contributed by atoms with van der Waals surface area (Å²) in [6.07, 6.45) is 0. The minimum atomic E-state index is -0.555. The third-order valence-electron chi connectivity index (χ3n) is 1.59. The molecule has 1 aromatic carbocycles. The minimum absolute atomic E-state index is 0.136. The number of carbonyl (C=O) groups excluding carboxylic acids is 1. The molecule has 14 heavy (non-hydrogen) atoms. The van der Waals surface area contributed by atoms with Gasteiger partial charge >= 0.3 is 0 Å². The number of rotatable bonds is 2. The summed E-state index contributed by atoms with van der Waals surface area (Å²) in [4.78, 5) is 21.1. The number of nitro groups is 1. The molecule has 0 aliphatic rings. The SMILES string of the molecule is CC(=O)c1cc(Cl)cc([N+](=O)[O-])c1I. The Bertz CT molecular complexity index is 384. The second kappa shape index (κ2) is 4.22. The van der Waals surface area contributed by atoms with Crippen molar-refractivity contribution in [2.75, 3.05) is 0 Å². The van der Waals surface area contributed by atoms with E-state index >= 15 is 0 Å². The summed E-state index contributed by atoms with van der Waals surface area (Å²) in [6.45, 7) is 1.34. The number of benzene rings is 1. The van der Waals surface area contributed by atoms with Crippen LogP contribution in [0.3, 0.4) is 0 Å². The van der Waals surface area contributed by atoms with E-state index in [2.05, 4.69) is 0 Å². The Morgan fingerprint density at radius 3 is 2.57 bits per heavy atom. The van der Waals surface area contributed by atoms with Gasteiger partial charge in [0.15, 0.2) is 5.78 Å². The maximum absolute atomic E-state index is 11.1. The van der Waals surface area contributed by atoms with E-state index in [4.69, 9.17) is 11.6 Å². The van der Waals surface area contributed by atoms with Gasteiger partial charge in [0.05, 0.1) is 4.92 Å². The summed E-state index contributed by atoms with van der Waals surface area (Å²) in [6, 6.07) is 2.66. The fourth-order valence-corrected chi connectivity index (χ4v) is 2.06.